The molecule has 2 aromatic rings. The average molecular weight is 283 g/mol. The Morgan fingerprint density at radius 2 is 1.60 bits per heavy atom. The lowest BCUT2D eigenvalue weighted by atomic mass is 10.0. The monoisotopic (exact) mass is 283 g/mol. The molecule has 2 rings (SSSR count). The van der Waals surface area contributed by atoms with Gasteiger partial charge in [0.15, 0.2) is 0 Å². The van der Waals surface area contributed by atoms with Gasteiger partial charge in [0.05, 0.1) is 0 Å². The highest BCUT2D eigenvalue weighted by molar-refractivity contribution is 5.66. The molecule has 5 heteroatoms. The van der Waals surface area contributed by atoms with Crippen LogP contribution in [0.5, 0.6) is 5.75 Å². The molecular formula is C15H16F3NO. The molecule has 0 aliphatic heterocycles. The van der Waals surface area contributed by atoms with E-state index in [-0.39, 0.29) is 5.75 Å². The predicted octanol–water partition coefficient (Wildman–Crippen LogP) is 4.98. The number of aryl methyl sites for hydroxylation is 1. The topological polar surface area (TPSA) is 22.1 Å². The summed E-state index contributed by atoms with van der Waals surface area (Å²) < 4.78 is 39.8. The number of benzene rings is 1. The molecule has 0 aliphatic rings. The fourth-order valence-corrected chi connectivity index (χ4v) is 1.63. The van der Waals surface area contributed by atoms with Crippen LogP contribution in [0.1, 0.15) is 19.5 Å². The van der Waals surface area contributed by atoms with Crippen molar-refractivity contribution in [1.29, 1.82) is 0 Å². The highest BCUT2D eigenvalue weighted by atomic mass is 19.4. The fraction of sp³-hybridized carbons (Fsp3) is 0.267. The van der Waals surface area contributed by atoms with Gasteiger partial charge < -0.3 is 4.74 Å². The van der Waals surface area contributed by atoms with E-state index in [1.165, 1.54) is 12.1 Å². The van der Waals surface area contributed by atoms with E-state index in [1.54, 1.807) is 24.4 Å². The fourth-order valence-electron chi connectivity index (χ4n) is 1.63. The van der Waals surface area contributed by atoms with Gasteiger partial charge in [-0.1, -0.05) is 32.0 Å². The number of rotatable bonds is 2. The third kappa shape index (κ3) is 4.57. The van der Waals surface area contributed by atoms with Crippen molar-refractivity contribution in [3.63, 3.8) is 0 Å². The number of aromatic nitrogens is 1. The van der Waals surface area contributed by atoms with E-state index in [4.69, 9.17) is 0 Å². The van der Waals surface area contributed by atoms with Crippen molar-refractivity contribution >= 4 is 0 Å². The molecule has 0 N–H and O–H groups in total. The first-order chi connectivity index (χ1) is 9.46. The molecule has 0 unspecified atom stereocenters. The normalized spacial score (nSPS) is 10.5. The van der Waals surface area contributed by atoms with Crippen LogP contribution in [-0.4, -0.2) is 11.3 Å². The Morgan fingerprint density at radius 1 is 1.00 bits per heavy atom. The zero-order chi connectivity index (χ0) is 15.2. The van der Waals surface area contributed by atoms with Crippen molar-refractivity contribution in [3.05, 3.63) is 48.3 Å². The van der Waals surface area contributed by atoms with Crippen LogP contribution in [0, 0.1) is 6.92 Å². The Labute approximate surface area is 116 Å². The number of nitrogens with zero attached hydrogens (tertiary/aromatic N) is 1. The summed E-state index contributed by atoms with van der Waals surface area (Å²) in [6.07, 6.45) is -2.99. The van der Waals surface area contributed by atoms with Crippen molar-refractivity contribution in [1.82, 2.24) is 4.98 Å². The molecule has 1 aromatic heterocycles. The van der Waals surface area contributed by atoms with E-state index in [1.807, 2.05) is 26.8 Å². The predicted molar refractivity (Wildman–Crippen MR) is 72.4 cm³/mol. The Bertz CT molecular complexity index is 536. The zero-order valence-corrected chi connectivity index (χ0v) is 11.5. The quantitative estimate of drug-likeness (QED) is 0.775. The second-order valence-corrected chi connectivity index (χ2v) is 3.71. The van der Waals surface area contributed by atoms with Crippen molar-refractivity contribution in [2.24, 2.45) is 0 Å². The number of hydrogen-bond donors (Lipinski definition) is 0. The summed E-state index contributed by atoms with van der Waals surface area (Å²) >= 11 is 0. The van der Waals surface area contributed by atoms with Crippen molar-refractivity contribution < 1.29 is 17.9 Å². The van der Waals surface area contributed by atoms with Crippen molar-refractivity contribution in [2.75, 3.05) is 0 Å². The standard InChI is InChI=1S/C13H10F3NO.C2H6/c1-9-12(3-2-8-17-9)10-4-6-11(7-5-10)18-13(14,15)16;1-2/h2-8H,1H3;1-2H3. The first kappa shape index (κ1) is 16.0. The van der Waals surface area contributed by atoms with Gasteiger partial charge in [-0.2, -0.15) is 0 Å². The number of halogens is 3. The summed E-state index contributed by atoms with van der Waals surface area (Å²) in [5.41, 5.74) is 2.51. The van der Waals surface area contributed by atoms with Gasteiger partial charge in [0.1, 0.15) is 5.75 Å². The Balaban J connectivity index is 0.000000956. The van der Waals surface area contributed by atoms with E-state index >= 15 is 0 Å². The highest BCUT2D eigenvalue weighted by Crippen LogP contribution is 2.27. The van der Waals surface area contributed by atoms with E-state index in [2.05, 4.69) is 9.72 Å². The maximum atomic E-state index is 12.0. The minimum atomic E-state index is -4.66. The molecule has 0 spiro atoms. The molecule has 1 aromatic carbocycles. The van der Waals surface area contributed by atoms with Crippen molar-refractivity contribution in [2.45, 2.75) is 27.1 Å². The maximum absolute atomic E-state index is 12.0. The van der Waals surface area contributed by atoms with E-state index < -0.39 is 6.36 Å². The highest BCUT2D eigenvalue weighted by Gasteiger charge is 2.30. The van der Waals surface area contributed by atoms with Gasteiger partial charge in [-0.3, -0.25) is 4.98 Å². The first-order valence-corrected chi connectivity index (χ1v) is 6.23. The Kier molecular flexibility index (Phi) is 5.55. The third-order valence-corrected chi connectivity index (χ3v) is 2.41. The first-order valence-electron chi connectivity index (χ1n) is 6.23. The second-order valence-electron chi connectivity index (χ2n) is 3.71. The maximum Gasteiger partial charge on any atom is 0.573 e. The minimum absolute atomic E-state index is 0.229. The smallest absolute Gasteiger partial charge is 0.406 e. The molecule has 0 bridgehead atoms. The van der Waals surface area contributed by atoms with E-state index in [9.17, 15) is 13.2 Å². The molecule has 20 heavy (non-hydrogen) atoms. The molecular weight excluding hydrogens is 267 g/mol. The van der Waals surface area contributed by atoms with Crippen LogP contribution in [0.3, 0.4) is 0 Å². The summed E-state index contributed by atoms with van der Waals surface area (Å²) in [4.78, 5) is 4.13. The zero-order valence-electron chi connectivity index (χ0n) is 11.5. The number of pyridine rings is 1. The molecule has 0 atom stereocenters. The number of alkyl halides is 3. The third-order valence-electron chi connectivity index (χ3n) is 2.41. The summed E-state index contributed by atoms with van der Waals surface area (Å²) in [6.45, 7) is 5.84. The number of hydrogen-bond acceptors (Lipinski definition) is 2. The summed E-state index contributed by atoms with van der Waals surface area (Å²) in [7, 11) is 0. The summed E-state index contributed by atoms with van der Waals surface area (Å²) in [6, 6.07) is 9.37. The van der Waals surface area contributed by atoms with Gasteiger partial charge in [0.25, 0.3) is 0 Å². The summed E-state index contributed by atoms with van der Waals surface area (Å²) in [5, 5.41) is 0. The van der Waals surface area contributed by atoms with Crippen LogP contribution in [0.25, 0.3) is 11.1 Å². The van der Waals surface area contributed by atoms with Crippen LogP contribution in [0.2, 0.25) is 0 Å². The lowest BCUT2D eigenvalue weighted by Gasteiger charge is -2.10. The van der Waals surface area contributed by atoms with E-state index in [0.717, 1.165) is 16.8 Å². The van der Waals surface area contributed by atoms with Crippen LogP contribution in [0.15, 0.2) is 42.6 Å². The minimum Gasteiger partial charge on any atom is -0.406 e. The second kappa shape index (κ2) is 6.93. The lowest BCUT2D eigenvalue weighted by Crippen LogP contribution is -2.16. The van der Waals surface area contributed by atoms with Crippen LogP contribution in [0.4, 0.5) is 13.2 Å². The van der Waals surface area contributed by atoms with Crippen LogP contribution >= 0.6 is 0 Å². The molecule has 1 heterocycles. The van der Waals surface area contributed by atoms with E-state index in [0.29, 0.717) is 0 Å². The van der Waals surface area contributed by atoms with Gasteiger partial charge in [-0.05, 0) is 30.7 Å². The van der Waals surface area contributed by atoms with Gasteiger partial charge in [0, 0.05) is 17.5 Å². The number of ether oxygens (including phenoxy) is 1. The van der Waals surface area contributed by atoms with Gasteiger partial charge in [0.2, 0.25) is 0 Å². The molecule has 0 radical (unpaired) electrons. The largest absolute Gasteiger partial charge is 0.573 e. The van der Waals surface area contributed by atoms with Gasteiger partial charge in [-0.25, -0.2) is 0 Å². The molecule has 0 aliphatic carbocycles. The molecule has 0 saturated carbocycles. The molecule has 0 saturated heterocycles. The van der Waals surface area contributed by atoms with Crippen molar-refractivity contribution in [3.8, 4) is 16.9 Å². The Hall–Kier alpha value is -2.04. The average Bonchev–Trinajstić information content (AvgIpc) is 2.41. The molecule has 0 amide bonds. The van der Waals surface area contributed by atoms with Crippen LogP contribution in [-0.2, 0) is 0 Å². The summed E-state index contributed by atoms with van der Waals surface area (Å²) in [5.74, 6) is -0.229. The molecule has 0 fully saturated rings. The molecule has 108 valence electrons. The van der Waals surface area contributed by atoms with Gasteiger partial charge in [-0.15, -0.1) is 13.2 Å². The van der Waals surface area contributed by atoms with Gasteiger partial charge >= 0.3 is 6.36 Å². The van der Waals surface area contributed by atoms with Crippen LogP contribution < -0.4 is 4.74 Å². The Morgan fingerprint density at radius 3 is 2.10 bits per heavy atom. The SMILES string of the molecule is CC.Cc1ncccc1-c1ccc(OC(F)(F)F)cc1. The lowest BCUT2D eigenvalue weighted by molar-refractivity contribution is -0.274. The molecule has 2 nitrogen and oxygen atoms in total.